The lowest BCUT2D eigenvalue weighted by molar-refractivity contribution is 0.639. The van der Waals surface area contributed by atoms with Crippen molar-refractivity contribution in [1.82, 2.24) is 0 Å². The van der Waals surface area contributed by atoms with E-state index >= 15 is 0 Å². The van der Waals surface area contributed by atoms with Gasteiger partial charge in [-0.25, -0.2) is 4.39 Å². The molecule has 0 radical (unpaired) electrons. The molecule has 0 nitrogen and oxygen atoms in total. The summed E-state index contributed by atoms with van der Waals surface area (Å²) in [6.45, 7) is 4.20. The van der Waals surface area contributed by atoms with Gasteiger partial charge in [0.25, 0.3) is 0 Å². The summed E-state index contributed by atoms with van der Waals surface area (Å²) in [4.78, 5) is 0. The monoisotopic (exact) mass is 208 g/mol. The molecule has 0 aliphatic carbocycles. The van der Waals surface area contributed by atoms with Crippen LogP contribution in [-0.2, 0) is 12.8 Å². The van der Waals surface area contributed by atoms with Crippen LogP contribution in [0.5, 0.6) is 0 Å². The molecule has 74 valence electrons. The summed E-state index contributed by atoms with van der Waals surface area (Å²) in [6.07, 6.45) is 1.89. The molecule has 2 heteroatoms. The van der Waals surface area contributed by atoms with Gasteiger partial charge in [-0.2, -0.15) is 0 Å². The Balaban J connectivity index is 2.82. The first-order valence-electron chi connectivity index (χ1n) is 4.95. The van der Waals surface area contributed by atoms with E-state index in [1.807, 2.05) is 11.4 Å². The zero-order valence-electron chi connectivity index (χ0n) is 8.43. The Morgan fingerprint density at radius 2 is 2.07 bits per heavy atom. The van der Waals surface area contributed by atoms with E-state index in [-0.39, 0.29) is 5.82 Å². The predicted molar refractivity (Wildman–Crippen MR) is 60.5 cm³/mol. The lowest BCUT2D eigenvalue weighted by atomic mass is 9.99. The van der Waals surface area contributed by atoms with E-state index in [9.17, 15) is 4.39 Å². The van der Waals surface area contributed by atoms with E-state index in [1.54, 1.807) is 6.07 Å². The maximum Gasteiger partial charge on any atom is 0.141 e. The van der Waals surface area contributed by atoms with Crippen molar-refractivity contribution in [2.45, 2.75) is 26.7 Å². The summed E-state index contributed by atoms with van der Waals surface area (Å²) in [5.41, 5.74) is 2.46. The smallest absolute Gasteiger partial charge is 0.141 e. The van der Waals surface area contributed by atoms with Crippen molar-refractivity contribution >= 4 is 21.4 Å². The van der Waals surface area contributed by atoms with Crippen molar-refractivity contribution in [2.75, 3.05) is 0 Å². The van der Waals surface area contributed by atoms with E-state index < -0.39 is 0 Å². The van der Waals surface area contributed by atoms with Gasteiger partial charge in [0.05, 0.1) is 4.70 Å². The number of benzene rings is 1. The van der Waals surface area contributed by atoms with Gasteiger partial charge in [0.2, 0.25) is 0 Å². The van der Waals surface area contributed by atoms with Crippen LogP contribution < -0.4 is 0 Å². The van der Waals surface area contributed by atoms with Crippen LogP contribution in [0.1, 0.15) is 25.0 Å². The zero-order valence-corrected chi connectivity index (χ0v) is 9.25. The topological polar surface area (TPSA) is 0 Å². The summed E-state index contributed by atoms with van der Waals surface area (Å²) in [5.74, 6) is -0.0657. The first-order chi connectivity index (χ1) is 6.77. The molecule has 0 aliphatic rings. The molecule has 1 aromatic heterocycles. The third kappa shape index (κ3) is 1.34. The Bertz CT molecular complexity index is 457. The largest absolute Gasteiger partial charge is 0.205 e. The molecule has 1 aromatic carbocycles. The molecule has 0 N–H and O–H groups in total. The van der Waals surface area contributed by atoms with Gasteiger partial charge in [-0.15, -0.1) is 11.3 Å². The van der Waals surface area contributed by atoms with Crippen LogP contribution >= 0.6 is 11.3 Å². The standard InChI is InChI=1S/C12H13FS/c1-3-8-7-11(13)12-10(5-6-14-12)9(8)4-2/h5-7H,3-4H2,1-2H3. The second-order valence-corrected chi connectivity index (χ2v) is 4.28. The lowest BCUT2D eigenvalue weighted by Crippen LogP contribution is -1.93. The highest BCUT2D eigenvalue weighted by atomic mass is 32.1. The van der Waals surface area contributed by atoms with Gasteiger partial charge in [-0.05, 0) is 46.9 Å². The Morgan fingerprint density at radius 3 is 2.71 bits per heavy atom. The number of hydrogen-bond acceptors (Lipinski definition) is 1. The minimum atomic E-state index is -0.0657. The molecule has 0 fully saturated rings. The zero-order chi connectivity index (χ0) is 10.1. The number of aryl methyl sites for hydroxylation is 2. The molecule has 0 spiro atoms. The van der Waals surface area contributed by atoms with Gasteiger partial charge in [-0.3, -0.25) is 0 Å². The molecule has 0 unspecified atom stereocenters. The molecule has 1 heterocycles. The molecule has 0 atom stereocenters. The van der Waals surface area contributed by atoms with Crippen molar-refractivity contribution in [3.8, 4) is 0 Å². The van der Waals surface area contributed by atoms with E-state index in [4.69, 9.17) is 0 Å². The van der Waals surface area contributed by atoms with Crippen LogP contribution in [0.2, 0.25) is 0 Å². The van der Waals surface area contributed by atoms with Crippen LogP contribution in [0, 0.1) is 5.82 Å². The fourth-order valence-electron chi connectivity index (χ4n) is 1.94. The molecule has 2 aromatic rings. The van der Waals surface area contributed by atoms with Crippen LogP contribution in [0.25, 0.3) is 10.1 Å². The quantitative estimate of drug-likeness (QED) is 0.695. The second-order valence-electron chi connectivity index (χ2n) is 3.37. The summed E-state index contributed by atoms with van der Waals surface area (Å²) >= 11 is 1.49. The van der Waals surface area contributed by atoms with Gasteiger partial charge in [0.1, 0.15) is 5.82 Å². The predicted octanol–water partition coefficient (Wildman–Crippen LogP) is 4.17. The van der Waals surface area contributed by atoms with Gasteiger partial charge >= 0.3 is 0 Å². The lowest BCUT2D eigenvalue weighted by Gasteiger charge is -2.07. The number of halogens is 1. The maximum absolute atomic E-state index is 13.6. The van der Waals surface area contributed by atoms with Gasteiger partial charge in [0, 0.05) is 0 Å². The molecule has 0 bridgehead atoms. The summed E-state index contributed by atoms with van der Waals surface area (Å²) in [6, 6.07) is 3.72. The number of thiophene rings is 1. The minimum absolute atomic E-state index is 0.0657. The molecular formula is C12H13FS. The van der Waals surface area contributed by atoms with Crippen LogP contribution in [0.15, 0.2) is 17.5 Å². The Morgan fingerprint density at radius 1 is 1.29 bits per heavy atom. The van der Waals surface area contributed by atoms with E-state index in [0.717, 1.165) is 28.5 Å². The summed E-state index contributed by atoms with van der Waals surface area (Å²) < 4.78 is 14.4. The van der Waals surface area contributed by atoms with E-state index in [0.29, 0.717) is 0 Å². The fourth-order valence-corrected chi connectivity index (χ4v) is 2.77. The van der Waals surface area contributed by atoms with Gasteiger partial charge < -0.3 is 0 Å². The average Bonchev–Trinajstić information content (AvgIpc) is 2.66. The SMILES string of the molecule is CCc1cc(F)c2sccc2c1CC. The maximum atomic E-state index is 13.6. The molecule has 0 saturated heterocycles. The number of rotatable bonds is 2. The molecule has 0 saturated carbocycles. The average molecular weight is 208 g/mol. The van der Waals surface area contributed by atoms with Crippen LogP contribution in [0.4, 0.5) is 4.39 Å². The van der Waals surface area contributed by atoms with E-state index in [1.165, 1.54) is 16.9 Å². The molecule has 14 heavy (non-hydrogen) atoms. The number of fused-ring (bicyclic) bond motifs is 1. The van der Waals surface area contributed by atoms with E-state index in [2.05, 4.69) is 13.8 Å². The van der Waals surface area contributed by atoms with Gasteiger partial charge in [0.15, 0.2) is 0 Å². The third-order valence-corrected chi connectivity index (χ3v) is 3.55. The van der Waals surface area contributed by atoms with Gasteiger partial charge in [-0.1, -0.05) is 13.8 Å². The normalized spacial score (nSPS) is 11.1. The second kappa shape index (κ2) is 3.70. The van der Waals surface area contributed by atoms with Crippen molar-refractivity contribution < 1.29 is 4.39 Å². The van der Waals surface area contributed by atoms with Crippen molar-refractivity contribution in [2.24, 2.45) is 0 Å². The van der Waals surface area contributed by atoms with Crippen LogP contribution in [0.3, 0.4) is 0 Å². The number of hydrogen-bond donors (Lipinski definition) is 0. The molecule has 0 amide bonds. The minimum Gasteiger partial charge on any atom is -0.205 e. The first kappa shape index (κ1) is 9.66. The highest BCUT2D eigenvalue weighted by Crippen LogP contribution is 2.30. The third-order valence-electron chi connectivity index (χ3n) is 2.63. The molecule has 0 aliphatic heterocycles. The highest BCUT2D eigenvalue weighted by Gasteiger charge is 2.10. The molecular weight excluding hydrogens is 195 g/mol. The first-order valence-corrected chi connectivity index (χ1v) is 5.83. The fraction of sp³-hybridized carbons (Fsp3) is 0.333. The molecule has 2 rings (SSSR count). The summed E-state index contributed by atoms with van der Waals surface area (Å²) in [5, 5.41) is 3.07. The van der Waals surface area contributed by atoms with Crippen molar-refractivity contribution in [1.29, 1.82) is 0 Å². The summed E-state index contributed by atoms with van der Waals surface area (Å²) in [7, 11) is 0. The van der Waals surface area contributed by atoms with Crippen molar-refractivity contribution in [3.05, 3.63) is 34.5 Å². The Kier molecular flexibility index (Phi) is 2.55. The van der Waals surface area contributed by atoms with Crippen LogP contribution in [-0.4, -0.2) is 0 Å². The Hall–Kier alpha value is -0.890. The van der Waals surface area contributed by atoms with Crippen molar-refractivity contribution in [3.63, 3.8) is 0 Å². The highest BCUT2D eigenvalue weighted by molar-refractivity contribution is 7.17. The Labute approximate surface area is 87.4 Å².